The second-order valence-corrected chi connectivity index (χ2v) is 6.39. The normalized spacial score (nSPS) is 10.7. The lowest BCUT2D eigenvalue weighted by Gasteiger charge is -1.98. The van der Waals surface area contributed by atoms with Crippen molar-refractivity contribution >= 4 is 33.8 Å². The van der Waals surface area contributed by atoms with E-state index in [9.17, 15) is 9.59 Å². The minimum absolute atomic E-state index is 0.0678. The first-order valence-corrected chi connectivity index (χ1v) is 8.84. The lowest BCUT2D eigenvalue weighted by Crippen LogP contribution is -1.94. The molecule has 0 amide bonds. The van der Waals surface area contributed by atoms with Gasteiger partial charge in [-0.2, -0.15) is 0 Å². The summed E-state index contributed by atoms with van der Waals surface area (Å²) in [6.07, 6.45) is 3.85. The molecule has 0 bridgehead atoms. The highest BCUT2D eigenvalue weighted by atomic mass is 32.2. The minimum atomic E-state index is 0.0678. The number of rotatable bonds is 6. The zero-order chi connectivity index (χ0) is 15.6. The maximum atomic E-state index is 11.8. The van der Waals surface area contributed by atoms with Gasteiger partial charge in [-0.1, -0.05) is 96.3 Å². The summed E-state index contributed by atoms with van der Waals surface area (Å²) in [5.41, 5.74) is 1.43. The highest BCUT2D eigenvalue weighted by molar-refractivity contribution is 8.14. The number of hydrogen-bond donors (Lipinski definition) is 0. The molecule has 0 saturated carbocycles. The van der Waals surface area contributed by atoms with Crippen molar-refractivity contribution in [3.63, 3.8) is 0 Å². The van der Waals surface area contributed by atoms with E-state index in [-0.39, 0.29) is 10.2 Å². The molecule has 0 atom stereocenters. The summed E-state index contributed by atoms with van der Waals surface area (Å²) < 4.78 is 0. The first-order valence-electron chi connectivity index (χ1n) is 6.87. The molecule has 0 radical (unpaired) electrons. The molecular weight excluding hydrogens is 312 g/mol. The number of carbonyl (C=O) groups excluding carboxylic acids is 2. The van der Waals surface area contributed by atoms with Crippen molar-refractivity contribution in [2.45, 2.75) is 0 Å². The molecule has 112 valence electrons. The van der Waals surface area contributed by atoms with Crippen LogP contribution in [0.1, 0.15) is 20.7 Å². The molecule has 0 saturated heterocycles. The van der Waals surface area contributed by atoms with E-state index in [1.54, 1.807) is 0 Å². The van der Waals surface area contributed by atoms with Gasteiger partial charge in [-0.25, -0.2) is 0 Å². The van der Waals surface area contributed by atoms with Crippen LogP contribution in [-0.4, -0.2) is 21.7 Å². The second kappa shape index (κ2) is 9.28. The van der Waals surface area contributed by atoms with Gasteiger partial charge in [0.1, 0.15) is 0 Å². The first kappa shape index (κ1) is 16.6. The van der Waals surface area contributed by atoms with Gasteiger partial charge in [0.2, 0.25) is 10.2 Å². The van der Waals surface area contributed by atoms with Crippen molar-refractivity contribution < 1.29 is 9.59 Å². The van der Waals surface area contributed by atoms with Crippen LogP contribution in [0, 0.1) is 0 Å². The van der Waals surface area contributed by atoms with Gasteiger partial charge < -0.3 is 0 Å². The number of hydrogen-bond acceptors (Lipinski definition) is 4. The molecule has 2 nitrogen and oxygen atoms in total. The second-order valence-electron chi connectivity index (χ2n) is 4.40. The predicted molar refractivity (Wildman–Crippen MR) is 95.6 cm³/mol. The Hall–Kier alpha value is -1.78. The molecule has 2 aromatic carbocycles. The van der Waals surface area contributed by atoms with E-state index < -0.39 is 0 Å². The van der Waals surface area contributed by atoms with Gasteiger partial charge in [0, 0.05) is 22.6 Å². The Morgan fingerprint density at radius 1 is 0.682 bits per heavy atom. The van der Waals surface area contributed by atoms with Crippen LogP contribution < -0.4 is 0 Å². The van der Waals surface area contributed by atoms with Crippen molar-refractivity contribution in [3.05, 3.63) is 83.9 Å². The molecule has 0 aliphatic rings. The van der Waals surface area contributed by atoms with Gasteiger partial charge >= 0.3 is 0 Å². The zero-order valence-electron chi connectivity index (χ0n) is 12.0. The molecule has 2 rings (SSSR count). The maximum Gasteiger partial charge on any atom is 0.219 e. The van der Waals surface area contributed by atoms with Crippen molar-refractivity contribution in [2.75, 3.05) is 11.5 Å². The van der Waals surface area contributed by atoms with Gasteiger partial charge in [0.15, 0.2) is 0 Å². The average Bonchev–Trinajstić information content (AvgIpc) is 2.59. The van der Waals surface area contributed by atoms with Crippen LogP contribution in [0.2, 0.25) is 0 Å². The smallest absolute Gasteiger partial charge is 0.219 e. The van der Waals surface area contributed by atoms with Gasteiger partial charge in [0.05, 0.1) is 0 Å². The van der Waals surface area contributed by atoms with E-state index in [2.05, 4.69) is 0 Å². The van der Waals surface area contributed by atoms with Crippen LogP contribution in [0.25, 0.3) is 0 Å². The van der Waals surface area contributed by atoms with Gasteiger partial charge in [-0.05, 0) is 0 Å². The summed E-state index contributed by atoms with van der Waals surface area (Å²) >= 11 is 2.53. The Morgan fingerprint density at radius 2 is 1.05 bits per heavy atom. The Labute approximate surface area is 139 Å². The molecule has 4 heteroatoms. The van der Waals surface area contributed by atoms with Crippen molar-refractivity contribution in [1.29, 1.82) is 0 Å². The fourth-order valence-electron chi connectivity index (χ4n) is 1.70. The Kier molecular flexibility index (Phi) is 7.00. The quantitative estimate of drug-likeness (QED) is 0.721. The third-order valence-electron chi connectivity index (χ3n) is 2.81. The van der Waals surface area contributed by atoms with Crippen LogP contribution in [0.15, 0.2) is 72.8 Å². The van der Waals surface area contributed by atoms with Gasteiger partial charge in [-0.15, -0.1) is 0 Å². The summed E-state index contributed by atoms with van der Waals surface area (Å²) in [6, 6.07) is 18.5. The van der Waals surface area contributed by atoms with Crippen LogP contribution in [-0.2, 0) is 0 Å². The van der Waals surface area contributed by atoms with E-state index in [1.165, 1.54) is 23.5 Å². The molecule has 2 aromatic rings. The molecule has 0 heterocycles. The molecule has 22 heavy (non-hydrogen) atoms. The maximum absolute atomic E-state index is 11.8. The molecule has 0 fully saturated rings. The predicted octanol–water partition coefficient (Wildman–Crippen LogP) is 4.69. The molecule has 0 aliphatic heterocycles. The number of benzene rings is 2. The molecule has 0 aromatic heterocycles. The fraction of sp³-hybridized carbons (Fsp3) is 0.111. The third-order valence-corrected chi connectivity index (χ3v) is 4.52. The topological polar surface area (TPSA) is 34.1 Å². The summed E-state index contributed by atoms with van der Waals surface area (Å²) in [6.45, 7) is 0. The summed E-state index contributed by atoms with van der Waals surface area (Å²) in [5.74, 6) is 1.24. The van der Waals surface area contributed by atoms with E-state index in [1.807, 2.05) is 72.8 Å². The lowest BCUT2D eigenvalue weighted by atomic mass is 10.2. The van der Waals surface area contributed by atoms with E-state index in [0.717, 1.165) is 11.1 Å². The number of carbonyl (C=O) groups is 2. The SMILES string of the molecule is O=C(SCC=CCSC(=O)c1ccccc1)c1ccccc1. The van der Waals surface area contributed by atoms with Gasteiger partial charge in [0.25, 0.3) is 0 Å². The van der Waals surface area contributed by atoms with Crippen molar-refractivity contribution in [2.24, 2.45) is 0 Å². The fourth-order valence-corrected chi connectivity index (χ4v) is 3.07. The molecule has 0 aliphatic carbocycles. The highest BCUT2D eigenvalue weighted by Gasteiger charge is 2.04. The van der Waals surface area contributed by atoms with Crippen LogP contribution in [0.5, 0.6) is 0 Å². The molecular formula is C18H16O2S2. The monoisotopic (exact) mass is 328 g/mol. The minimum Gasteiger partial charge on any atom is -0.282 e. The Balaban J connectivity index is 1.67. The van der Waals surface area contributed by atoms with E-state index in [4.69, 9.17) is 0 Å². The van der Waals surface area contributed by atoms with Crippen LogP contribution in [0.3, 0.4) is 0 Å². The third kappa shape index (κ3) is 5.54. The van der Waals surface area contributed by atoms with E-state index in [0.29, 0.717) is 11.5 Å². The van der Waals surface area contributed by atoms with Crippen molar-refractivity contribution in [3.8, 4) is 0 Å². The van der Waals surface area contributed by atoms with Crippen LogP contribution in [0.4, 0.5) is 0 Å². The van der Waals surface area contributed by atoms with E-state index >= 15 is 0 Å². The average molecular weight is 328 g/mol. The molecule has 0 unspecified atom stereocenters. The zero-order valence-corrected chi connectivity index (χ0v) is 13.6. The summed E-state index contributed by atoms with van der Waals surface area (Å²) in [7, 11) is 0. The summed E-state index contributed by atoms with van der Waals surface area (Å²) in [4.78, 5) is 23.7. The van der Waals surface area contributed by atoms with Crippen LogP contribution >= 0.6 is 23.5 Å². The Morgan fingerprint density at radius 3 is 1.41 bits per heavy atom. The van der Waals surface area contributed by atoms with Crippen molar-refractivity contribution in [1.82, 2.24) is 0 Å². The highest BCUT2D eigenvalue weighted by Crippen LogP contribution is 2.14. The number of thioether (sulfide) groups is 2. The molecule has 0 N–H and O–H groups in total. The standard InChI is InChI=1S/C18H16O2S2/c19-17(15-9-3-1-4-10-15)21-13-7-8-14-22-18(20)16-11-5-2-6-12-16/h1-12H,13-14H2. The lowest BCUT2D eigenvalue weighted by molar-refractivity contribution is 0.108. The Bertz CT molecular complexity index is 579. The largest absolute Gasteiger partial charge is 0.282 e. The summed E-state index contributed by atoms with van der Waals surface area (Å²) in [5, 5.41) is 0.136. The first-order chi connectivity index (χ1) is 10.8. The van der Waals surface area contributed by atoms with Gasteiger partial charge in [-0.3, -0.25) is 9.59 Å². The molecule has 0 spiro atoms.